The number of nitrogens with zero attached hydrogens (tertiary/aromatic N) is 1. The van der Waals surface area contributed by atoms with Gasteiger partial charge in [-0.15, -0.1) is 11.3 Å². The van der Waals surface area contributed by atoms with Crippen LogP contribution in [0, 0.1) is 0 Å². The fourth-order valence-electron chi connectivity index (χ4n) is 1.73. The maximum Gasteiger partial charge on any atom is 0.118 e. The molecule has 0 fully saturated rings. The molecule has 1 atom stereocenters. The molecule has 0 amide bonds. The van der Waals surface area contributed by atoms with Crippen molar-refractivity contribution in [1.82, 2.24) is 4.98 Å². The van der Waals surface area contributed by atoms with Crippen LogP contribution in [0.3, 0.4) is 0 Å². The SMILES string of the molecule is COc1ccc(C(C)(N)Cc2nccs2)cc1. The van der Waals surface area contributed by atoms with Gasteiger partial charge in [0.25, 0.3) is 0 Å². The van der Waals surface area contributed by atoms with Crippen LogP contribution < -0.4 is 10.5 Å². The van der Waals surface area contributed by atoms with Gasteiger partial charge in [-0.25, -0.2) is 4.98 Å². The van der Waals surface area contributed by atoms with Gasteiger partial charge in [0, 0.05) is 23.5 Å². The number of aromatic nitrogens is 1. The minimum absolute atomic E-state index is 0.399. The van der Waals surface area contributed by atoms with Crippen LogP contribution in [0.5, 0.6) is 5.75 Å². The maximum absolute atomic E-state index is 6.35. The van der Waals surface area contributed by atoms with E-state index in [1.165, 1.54) is 0 Å². The zero-order valence-corrected chi connectivity index (χ0v) is 10.8. The van der Waals surface area contributed by atoms with Crippen LogP contribution in [0.15, 0.2) is 35.8 Å². The first kappa shape index (κ1) is 12.1. The summed E-state index contributed by atoms with van der Waals surface area (Å²) in [6.45, 7) is 2.02. The molecule has 3 nitrogen and oxygen atoms in total. The predicted molar refractivity (Wildman–Crippen MR) is 70.4 cm³/mol. The van der Waals surface area contributed by atoms with Gasteiger partial charge in [-0.1, -0.05) is 12.1 Å². The van der Waals surface area contributed by atoms with Gasteiger partial charge in [-0.2, -0.15) is 0 Å². The molecule has 0 aliphatic carbocycles. The summed E-state index contributed by atoms with van der Waals surface area (Å²) in [6.07, 6.45) is 2.56. The van der Waals surface area contributed by atoms with E-state index in [1.54, 1.807) is 18.4 Å². The maximum atomic E-state index is 6.35. The number of hydrogen-bond acceptors (Lipinski definition) is 4. The van der Waals surface area contributed by atoms with Gasteiger partial charge in [0.15, 0.2) is 0 Å². The van der Waals surface area contributed by atoms with E-state index in [-0.39, 0.29) is 0 Å². The van der Waals surface area contributed by atoms with E-state index in [2.05, 4.69) is 4.98 Å². The minimum Gasteiger partial charge on any atom is -0.497 e. The van der Waals surface area contributed by atoms with Crippen molar-refractivity contribution < 1.29 is 4.74 Å². The van der Waals surface area contributed by atoms with Crippen molar-refractivity contribution in [3.05, 3.63) is 46.4 Å². The number of thiazole rings is 1. The molecule has 4 heteroatoms. The van der Waals surface area contributed by atoms with Gasteiger partial charge in [0.1, 0.15) is 5.75 Å². The van der Waals surface area contributed by atoms with Gasteiger partial charge in [-0.05, 0) is 24.6 Å². The summed E-state index contributed by atoms with van der Waals surface area (Å²) in [7, 11) is 1.66. The van der Waals surface area contributed by atoms with Crippen LogP contribution in [0.25, 0.3) is 0 Å². The molecule has 2 rings (SSSR count). The number of hydrogen-bond donors (Lipinski definition) is 1. The Morgan fingerprint density at radius 1 is 1.35 bits per heavy atom. The second-order valence-electron chi connectivity index (χ2n) is 4.25. The molecule has 17 heavy (non-hydrogen) atoms. The van der Waals surface area contributed by atoms with E-state index >= 15 is 0 Å². The molecule has 1 aromatic carbocycles. The summed E-state index contributed by atoms with van der Waals surface area (Å²) in [5.74, 6) is 0.846. The van der Waals surface area contributed by atoms with Gasteiger partial charge < -0.3 is 10.5 Å². The topological polar surface area (TPSA) is 48.1 Å². The molecule has 90 valence electrons. The summed E-state index contributed by atoms with van der Waals surface area (Å²) in [5, 5.41) is 3.03. The number of methoxy groups -OCH3 is 1. The molecule has 1 unspecified atom stereocenters. The highest BCUT2D eigenvalue weighted by atomic mass is 32.1. The summed E-state index contributed by atoms with van der Waals surface area (Å²) in [5.41, 5.74) is 7.04. The zero-order chi connectivity index (χ0) is 12.3. The Labute approximate surface area is 105 Å². The average Bonchev–Trinajstić information content (AvgIpc) is 2.81. The van der Waals surface area contributed by atoms with Crippen LogP contribution >= 0.6 is 11.3 Å². The average molecular weight is 248 g/mol. The number of benzene rings is 1. The molecule has 0 spiro atoms. The van der Waals surface area contributed by atoms with Gasteiger partial charge in [0.2, 0.25) is 0 Å². The van der Waals surface area contributed by atoms with Crippen LogP contribution in [0.2, 0.25) is 0 Å². The monoisotopic (exact) mass is 248 g/mol. The smallest absolute Gasteiger partial charge is 0.118 e. The molecular formula is C13H16N2OS. The Balaban J connectivity index is 2.18. The van der Waals surface area contributed by atoms with Crippen LogP contribution in [0.1, 0.15) is 17.5 Å². The fraction of sp³-hybridized carbons (Fsp3) is 0.308. The summed E-state index contributed by atoms with van der Waals surface area (Å²) < 4.78 is 5.14. The standard InChI is InChI=1S/C13H16N2OS/c1-13(14,9-12-15-7-8-17-12)10-3-5-11(16-2)6-4-10/h3-8H,9,14H2,1-2H3. The van der Waals surface area contributed by atoms with E-state index in [1.807, 2.05) is 42.8 Å². The van der Waals surface area contributed by atoms with Gasteiger partial charge in [0.05, 0.1) is 12.1 Å². The second kappa shape index (κ2) is 4.85. The third-order valence-electron chi connectivity index (χ3n) is 2.75. The number of ether oxygens (including phenoxy) is 1. The van der Waals surface area contributed by atoms with Crippen molar-refractivity contribution in [2.75, 3.05) is 7.11 Å². The molecule has 0 radical (unpaired) electrons. The van der Waals surface area contributed by atoms with Crippen molar-refractivity contribution in [3.8, 4) is 5.75 Å². The largest absolute Gasteiger partial charge is 0.497 e. The highest BCUT2D eigenvalue weighted by Crippen LogP contribution is 2.25. The van der Waals surface area contributed by atoms with Gasteiger partial charge in [-0.3, -0.25) is 0 Å². The quantitative estimate of drug-likeness (QED) is 0.904. The fourth-order valence-corrected chi connectivity index (χ4v) is 2.51. The van der Waals surface area contributed by atoms with E-state index in [0.29, 0.717) is 0 Å². The van der Waals surface area contributed by atoms with E-state index in [4.69, 9.17) is 10.5 Å². The number of nitrogens with two attached hydrogens (primary N) is 1. The Hall–Kier alpha value is -1.39. The summed E-state index contributed by atoms with van der Waals surface area (Å²) in [4.78, 5) is 4.27. The first-order valence-corrected chi connectivity index (χ1v) is 6.31. The van der Waals surface area contributed by atoms with Crippen LogP contribution in [0.4, 0.5) is 0 Å². The molecule has 1 aromatic heterocycles. The Morgan fingerprint density at radius 2 is 2.06 bits per heavy atom. The lowest BCUT2D eigenvalue weighted by molar-refractivity contribution is 0.413. The highest BCUT2D eigenvalue weighted by molar-refractivity contribution is 7.09. The van der Waals surface area contributed by atoms with Crippen LogP contribution in [-0.2, 0) is 12.0 Å². The molecule has 1 heterocycles. The summed E-state index contributed by atoms with van der Waals surface area (Å²) >= 11 is 1.64. The molecule has 0 bridgehead atoms. The van der Waals surface area contributed by atoms with Crippen molar-refractivity contribution in [2.45, 2.75) is 18.9 Å². The molecular weight excluding hydrogens is 232 g/mol. The molecule has 0 aliphatic rings. The van der Waals surface area contributed by atoms with Crippen LogP contribution in [-0.4, -0.2) is 12.1 Å². The third kappa shape index (κ3) is 2.84. The van der Waals surface area contributed by atoms with E-state index in [9.17, 15) is 0 Å². The highest BCUT2D eigenvalue weighted by Gasteiger charge is 2.22. The Kier molecular flexibility index (Phi) is 3.45. The molecule has 0 aliphatic heterocycles. The lowest BCUT2D eigenvalue weighted by Crippen LogP contribution is -2.35. The van der Waals surface area contributed by atoms with Gasteiger partial charge >= 0.3 is 0 Å². The lowest BCUT2D eigenvalue weighted by atomic mass is 9.90. The van der Waals surface area contributed by atoms with Crippen molar-refractivity contribution in [1.29, 1.82) is 0 Å². The minimum atomic E-state index is -0.399. The predicted octanol–water partition coefficient (Wildman–Crippen LogP) is 2.57. The number of rotatable bonds is 4. The van der Waals surface area contributed by atoms with E-state index < -0.39 is 5.54 Å². The summed E-state index contributed by atoms with van der Waals surface area (Å²) in [6, 6.07) is 7.88. The molecule has 2 aromatic rings. The Morgan fingerprint density at radius 3 is 2.59 bits per heavy atom. The van der Waals surface area contributed by atoms with Crippen molar-refractivity contribution in [3.63, 3.8) is 0 Å². The second-order valence-corrected chi connectivity index (χ2v) is 5.23. The van der Waals surface area contributed by atoms with Crippen molar-refractivity contribution >= 4 is 11.3 Å². The van der Waals surface area contributed by atoms with E-state index in [0.717, 1.165) is 22.7 Å². The normalized spacial score (nSPS) is 14.3. The molecule has 0 saturated heterocycles. The first-order valence-electron chi connectivity index (χ1n) is 5.43. The first-order chi connectivity index (χ1) is 8.12. The third-order valence-corrected chi connectivity index (χ3v) is 3.53. The molecule has 2 N–H and O–H groups in total. The lowest BCUT2D eigenvalue weighted by Gasteiger charge is -2.24. The zero-order valence-electron chi connectivity index (χ0n) is 10.0. The Bertz CT molecular complexity index is 463. The molecule has 0 saturated carbocycles. The van der Waals surface area contributed by atoms with Crippen molar-refractivity contribution in [2.24, 2.45) is 5.73 Å².